The normalized spacial score (nSPS) is 14.0. The molecule has 144 valence electrons. The third-order valence-corrected chi connectivity index (χ3v) is 5.12. The van der Waals surface area contributed by atoms with Crippen molar-refractivity contribution < 1.29 is 14.1 Å². The van der Waals surface area contributed by atoms with E-state index in [1.54, 1.807) is 35.2 Å². The molecule has 1 aliphatic rings. The summed E-state index contributed by atoms with van der Waals surface area (Å²) in [6.45, 7) is 0.882. The van der Waals surface area contributed by atoms with Crippen molar-refractivity contribution in [1.29, 1.82) is 0 Å². The van der Waals surface area contributed by atoms with Crippen LogP contribution < -0.4 is 4.74 Å². The van der Waals surface area contributed by atoms with Gasteiger partial charge in [0.05, 0.1) is 10.9 Å². The molecule has 1 saturated heterocycles. The number of likely N-dealkylation sites (tertiary alicyclic amines) is 1. The monoisotopic (exact) mass is 437 g/mol. The summed E-state index contributed by atoms with van der Waals surface area (Å²) in [7, 11) is 0. The van der Waals surface area contributed by atoms with Crippen LogP contribution >= 0.6 is 34.8 Å². The van der Waals surface area contributed by atoms with Gasteiger partial charge in [-0.15, -0.1) is 0 Å². The maximum Gasteiger partial charge on any atom is 0.260 e. The molecule has 0 spiro atoms. The molecule has 1 aromatic heterocycles. The molecule has 1 fully saturated rings. The van der Waals surface area contributed by atoms with Gasteiger partial charge in [-0.3, -0.25) is 4.79 Å². The number of hydrogen-bond acceptors (Lipinski definition) is 5. The predicted octanol–water partition coefficient (Wildman–Crippen LogP) is 4.70. The lowest BCUT2D eigenvalue weighted by Crippen LogP contribution is -2.50. The van der Waals surface area contributed by atoms with E-state index in [9.17, 15) is 4.79 Å². The maximum absolute atomic E-state index is 12.3. The number of amides is 1. The number of halogens is 3. The molecule has 28 heavy (non-hydrogen) atoms. The van der Waals surface area contributed by atoms with Crippen molar-refractivity contribution in [3.63, 3.8) is 0 Å². The first kappa shape index (κ1) is 19.1. The summed E-state index contributed by atoms with van der Waals surface area (Å²) < 4.78 is 10.8. The zero-order valence-corrected chi connectivity index (χ0v) is 16.7. The number of ether oxygens (including phenoxy) is 1. The minimum Gasteiger partial charge on any atom is -0.482 e. The lowest BCUT2D eigenvalue weighted by Gasteiger charge is -2.36. The van der Waals surface area contributed by atoms with Crippen molar-refractivity contribution in [1.82, 2.24) is 15.0 Å². The summed E-state index contributed by atoms with van der Waals surface area (Å²) in [6.07, 6.45) is 0. The van der Waals surface area contributed by atoms with Crippen LogP contribution in [0.1, 0.15) is 11.8 Å². The topological polar surface area (TPSA) is 68.5 Å². The van der Waals surface area contributed by atoms with Gasteiger partial charge in [-0.2, -0.15) is 4.98 Å². The van der Waals surface area contributed by atoms with Crippen LogP contribution in [0.4, 0.5) is 0 Å². The van der Waals surface area contributed by atoms with E-state index in [1.807, 2.05) is 12.1 Å². The Labute approximate surface area is 175 Å². The minimum absolute atomic E-state index is 0.00324. The Morgan fingerprint density at radius 2 is 1.93 bits per heavy atom. The Kier molecular flexibility index (Phi) is 5.44. The number of benzene rings is 2. The highest BCUT2D eigenvalue weighted by Gasteiger charge is 2.35. The molecule has 1 aliphatic heterocycles. The molecule has 3 aromatic rings. The van der Waals surface area contributed by atoms with Gasteiger partial charge in [0.2, 0.25) is 11.7 Å². The van der Waals surface area contributed by atoms with Gasteiger partial charge in [-0.1, -0.05) is 52.1 Å². The second kappa shape index (κ2) is 7.99. The molecule has 0 saturated carbocycles. The van der Waals surface area contributed by atoms with Crippen molar-refractivity contribution in [2.24, 2.45) is 0 Å². The van der Waals surface area contributed by atoms with Crippen LogP contribution in [0.15, 0.2) is 47.0 Å². The Morgan fingerprint density at radius 1 is 1.14 bits per heavy atom. The first-order valence-corrected chi connectivity index (χ1v) is 9.58. The Hall–Kier alpha value is -2.28. The van der Waals surface area contributed by atoms with Crippen LogP contribution in [-0.2, 0) is 4.79 Å². The van der Waals surface area contributed by atoms with Gasteiger partial charge < -0.3 is 14.2 Å². The van der Waals surface area contributed by atoms with Crippen molar-refractivity contribution in [2.75, 3.05) is 19.7 Å². The fraction of sp³-hybridized carbons (Fsp3) is 0.211. The van der Waals surface area contributed by atoms with Gasteiger partial charge in [0, 0.05) is 28.7 Å². The molecule has 6 nitrogen and oxygen atoms in total. The molecule has 4 rings (SSSR count). The van der Waals surface area contributed by atoms with E-state index in [0.717, 1.165) is 5.56 Å². The third kappa shape index (κ3) is 4.09. The predicted molar refractivity (Wildman–Crippen MR) is 106 cm³/mol. The zero-order chi connectivity index (χ0) is 19.7. The standard InChI is InChI=1S/C19H14Cl3N3O3/c20-13-3-1-2-11(6-13)18-23-19(28-24-18)12-8-25(9-12)17(26)10-27-16-5-4-14(21)7-15(16)22/h1-7,12H,8-10H2. The molecule has 9 heteroatoms. The molecule has 0 radical (unpaired) electrons. The van der Waals surface area contributed by atoms with E-state index in [2.05, 4.69) is 10.1 Å². The van der Waals surface area contributed by atoms with E-state index in [1.165, 1.54) is 0 Å². The summed E-state index contributed by atoms with van der Waals surface area (Å²) >= 11 is 17.9. The Bertz CT molecular complexity index is 1020. The number of rotatable bonds is 5. The lowest BCUT2D eigenvalue weighted by atomic mass is 10.0. The van der Waals surface area contributed by atoms with Gasteiger partial charge in [0.1, 0.15) is 5.75 Å². The van der Waals surface area contributed by atoms with Crippen LogP contribution in [0.5, 0.6) is 5.75 Å². The highest BCUT2D eigenvalue weighted by atomic mass is 35.5. The number of aromatic nitrogens is 2. The summed E-state index contributed by atoms with van der Waals surface area (Å²) in [5, 5.41) is 5.46. The summed E-state index contributed by atoms with van der Waals surface area (Å²) in [5.74, 6) is 1.25. The zero-order valence-electron chi connectivity index (χ0n) is 14.4. The molecule has 0 atom stereocenters. The molecular formula is C19H14Cl3N3O3. The van der Waals surface area contributed by atoms with Gasteiger partial charge in [0.15, 0.2) is 6.61 Å². The molecule has 2 heterocycles. The lowest BCUT2D eigenvalue weighted by molar-refractivity contribution is -0.138. The van der Waals surface area contributed by atoms with Crippen LogP contribution in [0, 0.1) is 0 Å². The molecule has 2 aromatic carbocycles. The first-order chi connectivity index (χ1) is 13.5. The average Bonchev–Trinajstić information content (AvgIpc) is 3.09. The van der Waals surface area contributed by atoms with E-state index in [-0.39, 0.29) is 18.4 Å². The number of nitrogens with zero attached hydrogens (tertiary/aromatic N) is 3. The first-order valence-electron chi connectivity index (χ1n) is 8.45. The van der Waals surface area contributed by atoms with Crippen molar-refractivity contribution in [3.8, 4) is 17.1 Å². The van der Waals surface area contributed by atoms with E-state index < -0.39 is 0 Å². The summed E-state index contributed by atoms with van der Waals surface area (Å²) in [4.78, 5) is 18.3. The smallest absolute Gasteiger partial charge is 0.260 e. The highest BCUT2D eigenvalue weighted by Crippen LogP contribution is 2.30. The minimum atomic E-state index is -0.142. The highest BCUT2D eigenvalue weighted by molar-refractivity contribution is 6.35. The number of carbonyl (C=O) groups excluding carboxylic acids is 1. The number of carbonyl (C=O) groups is 1. The van der Waals surface area contributed by atoms with Crippen LogP contribution in [0.3, 0.4) is 0 Å². The summed E-state index contributed by atoms with van der Waals surface area (Å²) in [6, 6.07) is 12.1. The van der Waals surface area contributed by atoms with Crippen molar-refractivity contribution in [3.05, 3.63) is 63.4 Å². The van der Waals surface area contributed by atoms with Crippen LogP contribution in [0.2, 0.25) is 15.1 Å². The number of hydrogen-bond donors (Lipinski definition) is 0. The SMILES string of the molecule is O=C(COc1ccc(Cl)cc1Cl)N1CC(c2nc(-c3cccc(Cl)c3)no2)C1. The second-order valence-electron chi connectivity index (χ2n) is 6.33. The van der Waals surface area contributed by atoms with Crippen molar-refractivity contribution >= 4 is 40.7 Å². The molecule has 0 N–H and O–H groups in total. The van der Waals surface area contributed by atoms with Gasteiger partial charge in [0.25, 0.3) is 5.91 Å². The fourth-order valence-corrected chi connectivity index (χ4v) is 3.46. The van der Waals surface area contributed by atoms with Crippen molar-refractivity contribution in [2.45, 2.75) is 5.92 Å². The maximum atomic E-state index is 12.3. The molecule has 0 bridgehead atoms. The van der Waals surface area contributed by atoms with Gasteiger partial charge in [-0.05, 0) is 30.3 Å². The second-order valence-corrected chi connectivity index (χ2v) is 7.61. The quantitative estimate of drug-likeness (QED) is 0.577. The van der Waals surface area contributed by atoms with Crippen LogP contribution in [-0.4, -0.2) is 40.6 Å². The molecule has 0 aliphatic carbocycles. The fourth-order valence-electron chi connectivity index (χ4n) is 2.81. The molecule has 1 amide bonds. The summed E-state index contributed by atoms with van der Waals surface area (Å²) in [5.41, 5.74) is 0.781. The van der Waals surface area contributed by atoms with E-state index in [4.69, 9.17) is 44.1 Å². The Morgan fingerprint density at radius 3 is 2.68 bits per heavy atom. The molecule has 0 unspecified atom stereocenters. The van der Waals surface area contributed by atoms with Crippen LogP contribution in [0.25, 0.3) is 11.4 Å². The molecular weight excluding hydrogens is 425 g/mol. The largest absolute Gasteiger partial charge is 0.482 e. The third-order valence-electron chi connectivity index (χ3n) is 4.35. The Balaban J connectivity index is 1.31. The van der Waals surface area contributed by atoms with Gasteiger partial charge >= 0.3 is 0 Å². The van der Waals surface area contributed by atoms with E-state index in [0.29, 0.717) is 45.6 Å². The average molecular weight is 439 g/mol. The van der Waals surface area contributed by atoms with E-state index >= 15 is 0 Å². The van der Waals surface area contributed by atoms with Gasteiger partial charge in [-0.25, -0.2) is 0 Å².